The van der Waals surface area contributed by atoms with E-state index in [0.717, 1.165) is 24.6 Å². The molecule has 0 heterocycles. The molecular weight excluding hydrogens is 218 g/mol. The lowest BCUT2D eigenvalue weighted by atomic mass is 10.1. The van der Waals surface area contributed by atoms with Gasteiger partial charge in [0.25, 0.3) is 0 Å². The molecule has 2 nitrogen and oxygen atoms in total. The molecule has 1 unspecified atom stereocenters. The van der Waals surface area contributed by atoms with Crippen LogP contribution in [-0.2, 0) is 4.79 Å². The molecule has 0 aliphatic carbocycles. The molecule has 1 N–H and O–H groups in total. The summed E-state index contributed by atoms with van der Waals surface area (Å²) in [5.74, 6) is 0.185. The molecule has 0 aliphatic rings. The van der Waals surface area contributed by atoms with E-state index in [-0.39, 0.29) is 5.91 Å². The second kappa shape index (κ2) is 7.59. The first-order valence-electron chi connectivity index (χ1n) is 4.59. The number of amides is 1. The zero-order valence-corrected chi connectivity index (χ0v) is 9.49. The van der Waals surface area contributed by atoms with Crippen LogP contribution in [0.3, 0.4) is 0 Å². The standard InChI is InChI=1S/C9H18BrNO/c1-3-5-9(12)11-8(4-2)6-7-10/h8H,3-7H2,1-2H3,(H,11,12). The third-order valence-electron chi connectivity index (χ3n) is 1.79. The Labute approximate surface area is 83.2 Å². The minimum atomic E-state index is 0.185. The second-order valence-electron chi connectivity index (χ2n) is 2.90. The summed E-state index contributed by atoms with van der Waals surface area (Å²) in [5, 5.41) is 3.96. The van der Waals surface area contributed by atoms with Crippen LogP contribution >= 0.6 is 15.9 Å². The predicted octanol–water partition coefficient (Wildman–Crippen LogP) is 2.47. The van der Waals surface area contributed by atoms with Crippen molar-refractivity contribution in [2.45, 2.75) is 45.6 Å². The first kappa shape index (κ1) is 11.9. The van der Waals surface area contributed by atoms with Crippen LogP contribution in [0.15, 0.2) is 0 Å². The summed E-state index contributed by atoms with van der Waals surface area (Å²) in [6, 6.07) is 0.350. The van der Waals surface area contributed by atoms with Gasteiger partial charge in [-0.2, -0.15) is 0 Å². The number of hydrogen-bond donors (Lipinski definition) is 1. The van der Waals surface area contributed by atoms with Gasteiger partial charge in [0.15, 0.2) is 0 Å². The third-order valence-corrected chi connectivity index (χ3v) is 2.25. The van der Waals surface area contributed by atoms with Crippen LogP contribution in [0.4, 0.5) is 0 Å². The fourth-order valence-electron chi connectivity index (χ4n) is 1.04. The lowest BCUT2D eigenvalue weighted by Gasteiger charge is -2.14. The maximum Gasteiger partial charge on any atom is 0.220 e. The summed E-state index contributed by atoms with van der Waals surface area (Å²) in [6.07, 6.45) is 3.61. The van der Waals surface area contributed by atoms with Crippen LogP contribution in [0.1, 0.15) is 39.5 Å². The molecule has 0 aromatic heterocycles. The quantitative estimate of drug-likeness (QED) is 0.705. The van der Waals surface area contributed by atoms with Crippen LogP contribution in [0.25, 0.3) is 0 Å². The van der Waals surface area contributed by atoms with Crippen molar-refractivity contribution < 1.29 is 4.79 Å². The van der Waals surface area contributed by atoms with Crippen LogP contribution < -0.4 is 5.32 Å². The maximum atomic E-state index is 11.2. The van der Waals surface area contributed by atoms with Gasteiger partial charge in [-0.1, -0.05) is 29.8 Å². The summed E-state index contributed by atoms with van der Waals surface area (Å²) in [4.78, 5) is 11.2. The predicted molar refractivity (Wildman–Crippen MR) is 55.5 cm³/mol. The molecule has 0 aliphatic heterocycles. The molecule has 0 spiro atoms. The molecule has 0 saturated carbocycles. The fourth-order valence-corrected chi connectivity index (χ4v) is 1.59. The van der Waals surface area contributed by atoms with Gasteiger partial charge < -0.3 is 5.32 Å². The third kappa shape index (κ3) is 5.58. The maximum absolute atomic E-state index is 11.2. The van der Waals surface area contributed by atoms with Crippen LogP contribution in [0.2, 0.25) is 0 Å². The van der Waals surface area contributed by atoms with Crippen molar-refractivity contribution in [2.24, 2.45) is 0 Å². The van der Waals surface area contributed by atoms with E-state index < -0.39 is 0 Å². The van der Waals surface area contributed by atoms with Crippen molar-refractivity contribution in [1.82, 2.24) is 5.32 Å². The van der Waals surface area contributed by atoms with E-state index in [9.17, 15) is 4.79 Å². The van der Waals surface area contributed by atoms with Gasteiger partial charge in [-0.25, -0.2) is 0 Å². The number of rotatable bonds is 6. The van der Waals surface area contributed by atoms with Gasteiger partial charge in [-0.15, -0.1) is 0 Å². The number of halogens is 1. The molecule has 1 atom stereocenters. The molecule has 12 heavy (non-hydrogen) atoms. The minimum absolute atomic E-state index is 0.185. The van der Waals surface area contributed by atoms with Gasteiger partial charge in [0.2, 0.25) is 5.91 Å². The van der Waals surface area contributed by atoms with Crippen LogP contribution in [-0.4, -0.2) is 17.3 Å². The van der Waals surface area contributed by atoms with Crippen molar-refractivity contribution in [3.63, 3.8) is 0 Å². The number of carbonyl (C=O) groups is 1. The van der Waals surface area contributed by atoms with Crippen molar-refractivity contribution >= 4 is 21.8 Å². The molecule has 0 aromatic rings. The Bertz CT molecular complexity index is 128. The van der Waals surface area contributed by atoms with Crippen LogP contribution in [0, 0.1) is 0 Å². The van der Waals surface area contributed by atoms with Crippen molar-refractivity contribution in [3.8, 4) is 0 Å². The summed E-state index contributed by atoms with van der Waals surface area (Å²) in [6.45, 7) is 4.12. The lowest BCUT2D eigenvalue weighted by Crippen LogP contribution is -2.34. The Hall–Kier alpha value is -0.0500. The van der Waals surface area contributed by atoms with E-state index in [4.69, 9.17) is 0 Å². The number of alkyl halides is 1. The Morgan fingerprint density at radius 1 is 1.50 bits per heavy atom. The van der Waals surface area contributed by atoms with E-state index >= 15 is 0 Å². The van der Waals surface area contributed by atoms with Gasteiger partial charge in [0, 0.05) is 17.8 Å². The van der Waals surface area contributed by atoms with E-state index in [1.807, 2.05) is 6.92 Å². The zero-order valence-electron chi connectivity index (χ0n) is 7.90. The van der Waals surface area contributed by atoms with Crippen molar-refractivity contribution in [1.29, 1.82) is 0 Å². The van der Waals surface area contributed by atoms with Crippen molar-refractivity contribution in [3.05, 3.63) is 0 Å². The van der Waals surface area contributed by atoms with E-state index in [2.05, 4.69) is 28.2 Å². The summed E-state index contributed by atoms with van der Waals surface area (Å²) < 4.78 is 0. The Balaban J connectivity index is 3.61. The van der Waals surface area contributed by atoms with Gasteiger partial charge in [0.1, 0.15) is 0 Å². The second-order valence-corrected chi connectivity index (χ2v) is 3.69. The Morgan fingerprint density at radius 3 is 2.58 bits per heavy atom. The number of hydrogen-bond acceptors (Lipinski definition) is 1. The monoisotopic (exact) mass is 235 g/mol. The molecule has 0 fully saturated rings. The number of nitrogens with one attached hydrogen (secondary N) is 1. The highest BCUT2D eigenvalue weighted by atomic mass is 79.9. The topological polar surface area (TPSA) is 29.1 Å². The van der Waals surface area contributed by atoms with Gasteiger partial charge in [0.05, 0.1) is 0 Å². The van der Waals surface area contributed by atoms with Crippen LogP contribution in [0.5, 0.6) is 0 Å². The van der Waals surface area contributed by atoms with E-state index in [1.165, 1.54) is 0 Å². The molecule has 0 rings (SSSR count). The highest BCUT2D eigenvalue weighted by molar-refractivity contribution is 9.09. The zero-order chi connectivity index (χ0) is 9.40. The smallest absolute Gasteiger partial charge is 0.220 e. The van der Waals surface area contributed by atoms with Crippen molar-refractivity contribution in [2.75, 3.05) is 5.33 Å². The molecule has 3 heteroatoms. The molecule has 0 bridgehead atoms. The molecular formula is C9H18BrNO. The fraction of sp³-hybridized carbons (Fsp3) is 0.889. The Kier molecular flexibility index (Phi) is 7.56. The lowest BCUT2D eigenvalue weighted by molar-refractivity contribution is -0.121. The molecule has 0 saturated heterocycles. The Morgan fingerprint density at radius 2 is 2.17 bits per heavy atom. The molecule has 0 aromatic carbocycles. The summed E-state index contributed by atoms with van der Waals surface area (Å²) in [5.41, 5.74) is 0. The normalized spacial score (nSPS) is 12.6. The SMILES string of the molecule is CCCC(=O)NC(CC)CCBr. The van der Waals surface area contributed by atoms with Gasteiger partial charge >= 0.3 is 0 Å². The molecule has 1 amide bonds. The summed E-state index contributed by atoms with van der Waals surface area (Å²) in [7, 11) is 0. The molecule has 0 radical (unpaired) electrons. The largest absolute Gasteiger partial charge is 0.353 e. The highest BCUT2D eigenvalue weighted by Crippen LogP contribution is 2.01. The molecule has 72 valence electrons. The first-order valence-corrected chi connectivity index (χ1v) is 5.72. The average Bonchev–Trinajstić information content (AvgIpc) is 2.04. The highest BCUT2D eigenvalue weighted by Gasteiger charge is 2.07. The van der Waals surface area contributed by atoms with Gasteiger partial charge in [-0.3, -0.25) is 4.79 Å². The van der Waals surface area contributed by atoms with E-state index in [1.54, 1.807) is 0 Å². The number of carbonyl (C=O) groups excluding carboxylic acids is 1. The first-order chi connectivity index (χ1) is 5.74. The van der Waals surface area contributed by atoms with E-state index in [0.29, 0.717) is 12.5 Å². The summed E-state index contributed by atoms with van der Waals surface area (Å²) >= 11 is 3.37. The van der Waals surface area contributed by atoms with Gasteiger partial charge in [-0.05, 0) is 19.3 Å². The average molecular weight is 236 g/mol. The minimum Gasteiger partial charge on any atom is -0.353 e.